The molecular weight excluding hydrogens is 268 g/mol. The van der Waals surface area contributed by atoms with Crippen LogP contribution in [0.2, 0.25) is 0 Å². The zero-order chi connectivity index (χ0) is 14.3. The maximum atomic E-state index is 11.7. The molecule has 1 fully saturated rings. The average molecular weight is 288 g/mol. The van der Waals surface area contributed by atoms with E-state index in [2.05, 4.69) is 5.32 Å². The quantitative estimate of drug-likeness (QED) is 0.623. The van der Waals surface area contributed by atoms with Gasteiger partial charge in [0.1, 0.15) is 0 Å². The van der Waals surface area contributed by atoms with Crippen LogP contribution in [0.15, 0.2) is 0 Å². The third kappa shape index (κ3) is 5.02. The molecule has 1 unspecified atom stereocenters. The predicted octanol–water partition coefficient (Wildman–Crippen LogP) is 1.29. The molecule has 0 bridgehead atoms. The first kappa shape index (κ1) is 15.7. The molecule has 6 nitrogen and oxygen atoms in total. The largest absolute Gasteiger partial charge is 0.466 e. The first-order valence-electron chi connectivity index (χ1n) is 6.47. The third-order valence-electron chi connectivity index (χ3n) is 2.81. The van der Waals surface area contributed by atoms with Gasteiger partial charge in [0.15, 0.2) is 5.11 Å². The molecule has 1 heterocycles. The van der Waals surface area contributed by atoms with Crippen molar-refractivity contribution in [1.82, 2.24) is 10.2 Å². The number of alkyl carbamates (subject to hydrolysis) is 1. The highest BCUT2D eigenvalue weighted by atomic mass is 32.1. The van der Waals surface area contributed by atoms with E-state index >= 15 is 0 Å². The van der Waals surface area contributed by atoms with Crippen LogP contribution in [-0.4, -0.2) is 48.4 Å². The van der Waals surface area contributed by atoms with E-state index in [0.717, 1.165) is 19.4 Å². The van der Waals surface area contributed by atoms with Crippen LogP contribution in [0, 0.1) is 5.92 Å². The number of thiocarbonyl (C=S) groups is 1. The highest BCUT2D eigenvalue weighted by Crippen LogP contribution is 2.18. The summed E-state index contributed by atoms with van der Waals surface area (Å²) in [5, 5.41) is 2.78. The van der Waals surface area contributed by atoms with Crippen molar-refractivity contribution in [1.29, 1.82) is 0 Å². The topological polar surface area (TPSA) is 67.9 Å². The number of ether oxygens (including phenoxy) is 2. The van der Waals surface area contributed by atoms with Gasteiger partial charge in [-0.25, -0.2) is 4.79 Å². The lowest BCUT2D eigenvalue weighted by Gasteiger charge is -2.32. The van der Waals surface area contributed by atoms with Crippen LogP contribution in [0.5, 0.6) is 0 Å². The maximum absolute atomic E-state index is 11.7. The number of carbonyl (C=O) groups is 2. The average Bonchev–Trinajstić information content (AvgIpc) is 2.39. The Balaban J connectivity index is 2.47. The Kier molecular flexibility index (Phi) is 6.55. The summed E-state index contributed by atoms with van der Waals surface area (Å²) in [5.74, 6) is -0.387. The van der Waals surface area contributed by atoms with Crippen molar-refractivity contribution < 1.29 is 19.1 Å². The highest BCUT2D eigenvalue weighted by Gasteiger charge is 2.28. The van der Waals surface area contributed by atoms with Gasteiger partial charge in [0.05, 0.1) is 19.1 Å². The van der Waals surface area contributed by atoms with Crippen LogP contribution in [0.1, 0.15) is 26.7 Å². The molecule has 0 aromatic carbocycles. The molecule has 0 spiro atoms. The second kappa shape index (κ2) is 7.93. The zero-order valence-electron chi connectivity index (χ0n) is 11.3. The Morgan fingerprint density at radius 3 is 2.63 bits per heavy atom. The van der Waals surface area contributed by atoms with Crippen molar-refractivity contribution >= 4 is 29.4 Å². The number of hydrogen-bond donors (Lipinski definition) is 1. The van der Waals surface area contributed by atoms with Gasteiger partial charge in [-0.05, 0) is 38.9 Å². The van der Waals surface area contributed by atoms with Crippen molar-refractivity contribution in [3.8, 4) is 0 Å². The van der Waals surface area contributed by atoms with Gasteiger partial charge < -0.3 is 14.4 Å². The van der Waals surface area contributed by atoms with E-state index < -0.39 is 6.09 Å². The number of nitrogens with one attached hydrogen (secondary N) is 1. The van der Waals surface area contributed by atoms with E-state index in [0.29, 0.717) is 24.9 Å². The summed E-state index contributed by atoms with van der Waals surface area (Å²) in [6.07, 6.45) is 1.07. The van der Waals surface area contributed by atoms with E-state index in [1.165, 1.54) is 0 Å². The molecular formula is C12H20N2O4S. The summed E-state index contributed by atoms with van der Waals surface area (Å²) in [5.41, 5.74) is 0. The van der Waals surface area contributed by atoms with Crippen molar-refractivity contribution in [2.24, 2.45) is 5.92 Å². The van der Waals surface area contributed by atoms with Crippen molar-refractivity contribution in [2.45, 2.75) is 26.7 Å². The fourth-order valence-electron chi connectivity index (χ4n) is 1.95. The van der Waals surface area contributed by atoms with Gasteiger partial charge >= 0.3 is 12.1 Å². The molecule has 1 N–H and O–H groups in total. The van der Waals surface area contributed by atoms with E-state index in [1.54, 1.807) is 18.7 Å². The van der Waals surface area contributed by atoms with Gasteiger partial charge in [-0.2, -0.15) is 0 Å². The minimum absolute atomic E-state index is 0.185. The van der Waals surface area contributed by atoms with E-state index in [4.69, 9.17) is 21.7 Å². The van der Waals surface area contributed by atoms with E-state index in [9.17, 15) is 9.59 Å². The number of nitrogens with zero attached hydrogens (tertiary/aromatic N) is 1. The maximum Gasteiger partial charge on any atom is 0.413 e. The molecule has 0 radical (unpaired) electrons. The normalized spacial score (nSPS) is 18.6. The first-order valence-corrected chi connectivity index (χ1v) is 6.88. The Morgan fingerprint density at radius 1 is 1.32 bits per heavy atom. The molecule has 1 rings (SSSR count). The van der Waals surface area contributed by atoms with Crippen LogP contribution in [0.25, 0.3) is 0 Å². The van der Waals surface area contributed by atoms with E-state index in [1.807, 2.05) is 0 Å². The van der Waals surface area contributed by atoms with Gasteiger partial charge in [-0.15, -0.1) is 0 Å². The summed E-state index contributed by atoms with van der Waals surface area (Å²) in [6.45, 7) is 5.37. The number of amides is 1. The van der Waals surface area contributed by atoms with Gasteiger partial charge in [0.2, 0.25) is 0 Å². The highest BCUT2D eigenvalue weighted by molar-refractivity contribution is 7.80. The summed E-state index contributed by atoms with van der Waals surface area (Å²) in [4.78, 5) is 24.8. The minimum atomic E-state index is -0.564. The van der Waals surface area contributed by atoms with Crippen LogP contribution >= 0.6 is 12.2 Å². The molecule has 1 aliphatic heterocycles. The fraction of sp³-hybridized carbons (Fsp3) is 0.750. The van der Waals surface area contributed by atoms with Gasteiger partial charge in [-0.3, -0.25) is 10.1 Å². The molecule has 7 heteroatoms. The minimum Gasteiger partial charge on any atom is -0.466 e. The number of carbonyl (C=O) groups excluding carboxylic acids is 2. The lowest BCUT2D eigenvalue weighted by atomic mass is 9.98. The van der Waals surface area contributed by atoms with Crippen molar-refractivity contribution in [2.75, 3.05) is 26.3 Å². The molecule has 1 amide bonds. The number of piperidine rings is 1. The Hall–Kier alpha value is -1.37. The predicted molar refractivity (Wildman–Crippen MR) is 73.7 cm³/mol. The van der Waals surface area contributed by atoms with Crippen molar-refractivity contribution in [3.63, 3.8) is 0 Å². The molecule has 1 aliphatic rings. The number of hydrogen-bond acceptors (Lipinski definition) is 5. The first-order chi connectivity index (χ1) is 9.08. The molecule has 1 atom stereocenters. The number of esters is 1. The van der Waals surface area contributed by atoms with Crippen LogP contribution in [-0.2, 0) is 14.3 Å². The SMILES string of the molecule is CCOC(=O)NC(=S)N1CCCC(C(=O)OCC)C1. The molecule has 1 saturated heterocycles. The fourth-order valence-corrected chi connectivity index (χ4v) is 2.20. The van der Waals surface area contributed by atoms with Crippen molar-refractivity contribution in [3.05, 3.63) is 0 Å². The van der Waals surface area contributed by atoms with Crippen LogP contribution in [0.4, 0.5) is 4.79 Å². The third-order valence-corrected chi connectivity index (χ3v) is 3.17. The second-order valence-electron chi connectivity index (χ2n) is 4.19. The summed E-state index contributed by atoms with van der Waals surface area (Å²) in [7, 11) is 0. The summed E-state index contributed by atoms with van der Waals surface area (Å²) in [6, 6.07) is 0. The lowest BCUT2D eigenvalue weighted by molar-refractivity contribution is -0.149. The van der Waals surface area contributed by atoms with Gasteiger partial charge in [0.25, 0.3) is 0 Å². The smallest absolute Gasteiger partial charge is 0.413 e. The van der Waals surface area contributed by atoms with Gasteiger partial charge in [0, 0.05) is 13.1 Å². The molecule has 0 aromatic rings. The molecule has 19 heavy (non-hydrogen) atoms. The standard InChI is InChI=1S/C12H20N2O4S/c1-3-17-10(15)9-6-5-7-14(8-9)11(19)13-12(16)18-4-2/h9H,3-8H2,1-2H3,(H,13,16,19). The van der Waals surface area contributed by atoms with Gasteiger partial charge in [-0.1, -0.05) is 0 Å². The summed E-state index contributed by atoms with van der Waals surface area (Å²) < 4.78 is 9.77. The Morgan fingerprint density at radius 2 is 2.00 bits per heavy atom. The Bertz CT molecular complexity index is 349. The van der Waals surface area contributed by atoms with Crippen LogP contribution < -0.4 is 5.32 Å². The Labute approximate surface area is 118 Å². The monoisotopic (exact) mass is 288 g/mol. The van der Waals surface area contributed by atoms with Crippen LogP contribution in [0.3, 0.4) is 0 Å². The molecule has 108 valence electrons. The zero-order valence-corrected chi connectivity index (χ0v) is 12.1. The molecule has 0 aromatic heterocycles. The molecule has 0 saturated carbocycles. The second-order valence-corrected chi connectivity index (χ2v) is 4.57. The summed E-state index contributed by atoms with van der Waals surface area (Å²) >= 11 is 5.13. The molecule has 0 aliphatic carbocycles. The number of rotatable bonds is 3. The lowest BCUT2D eigenvalue weighted by Crippen LogP contribution is -2.48. The van der Waals surface area contributed by atoms with E-state index in [-0.39, 0.29) is 11.9 Å². The number of likely N-dealkylation sites (tertiary alicyclic amines) is 1.